The fraction of sp³-hybridized carbons (Fsp3) is 0.533. The average molecular weight is 262 g/mol. The number of hydrogen-bond acceptors (Lipinski definition) is 3. The average Bonchev–Trinajstić information content (AvgIpc) is 2.48. The van der Waals surface area contributed by atoms with E-state index >= 15 is 0 Å². The molecule has 19 heavy (non-hydrogen) atoms. The molecule has 0 radical (unpaired) electrons. The van der Waals surface area contributed by atoms with Crippen LogP contribution in [0.2, 0.25) is 0 Å². The Labute approximate surface area is 115 Å². The van der Waals surface area contributed by atoms with E-state index < -0.39 is 0 Å². The molecule has 2 rings (SSSR count). The van der Waals surface area contributed by atoms with E-state index in [0.717, 1.165) is 26.2 Å². The van der Waals surface area contributed by atoms with E-state index in [9.17, 15) is 4.79 Å². The van der Waals surface area contributed by atoms with Crippen molar-refractivity contribution in [1.82, 2.24) is 4.90 Å². The maximum absolute atomic E-state index is 11.9. The first-order valence-corrected chi connectivity index (χ1v) is 6.96. The summed E-state index contributed by atoms with van der Waals surface area (Å²) in [5.74, 6) is 0.209. The van der Waals surface area contributed by atoms with Gasteiger partial charge in [-0.1, -0.05) is 18.2 Å². The molecule has 0 bridgehead atoms. The maximum atomic E-state index is 11.9. The summed E-state index contributed by atoms with van der Waals surface area (Å²) >= 11 is 0. The van der Waals surface area contributed by atoms with Crippen LogP contribution in [-0.4, -0.2) is 50.2 Å². The lowest BCUT2D eigenvalue weighted by molar-refractivity contribution is -0.132. The van der Waals surface area contributed by atoms with Gasteiger partial charge < -0.3 is 14.5 Å². The van der Waals surface area contributed by atoms with E-state index in [4.69, 9.17) is 4.74 Å². The highest BCUT2D eigenvalue weighted by molar-refractivity contribution is 5.76. The van der Waals surface area contributed by atoms with E-state index in [1.807, 2.05) is 17.9 Å². The second kappa shape index (κ2) is 7.14. The van der Waals surface area contributed by atoms with E-state index in [1.54, 1.807) is 0 Å². The van der Waals surface area contributed by atoms with Gasteiger partial charge in [0.05, 0.1) is 13.0 Å². The molecule has 1 amide bonds. The predicted molar refractivity (Wildman–Crippen MR) is 76.3 cm³/mol. The van der Waals surface area contributed by atoms with Gasteiger partial charge >= 0.3 is 0 Å². The van der Waals surface area contributed by atoms with Crippen molar-refractivity contribution in [2.24, 2.45) is 0 Å². The Morgan fingerprint density at radius 3 is 2.47 bits per heavy atom. The van der Waals surface area contributed by atoms with E-state index in [2.05, 4.69) is 29.2 Å². The molecule has 0 aliphatic carbocycles. The summed E-state index contributed by atoms with van der Waals surface area (Å²) in [4.78, 5) is 16.2. The monoisotopic (exact) mass is 262 g/mol. The van der Waals surface area contributed by atoms with Crippen molar-refractivity contribution in [3.05, 3.63) is 30.3 Å². The van der Waals surface area contributed by atoms with Crippen LogP contribution in [0.25, 0.3) is 0 Å². The number of para-hydroxylation sites is 1. The zero-order valence-electron chi connectivity index (χ0n) is 11.5. The van der Waals surface area contributed by atoms with Crippen LogP contribution in [0, 0.1) is 0 Å². The van der Waals surface area contributed by atoms with Gasteiger partial charge in [0.15, 0.2) is 0 Å². The van der Waals surface area contributed by atoms with Crippen molar-refractivity contribution in [2.45, 2.75) is 13.3 Å². The zero-order chi connectivity index (χ0) is 13.5. The van der Waals surface area contributed by atoms with Crippen LogP contribution >= 0.6 is 0 Å². The van der Waals surface area contributed by atoms with Crippen LogP contribution in [0.1, 0.15) is 13.3 Å². The molecule has 1 aromatic rings. The van der Waals surface area contributed by atoms with Gasteiger partial charge in [0, 0.05) is 38.5 Å². The summed E-state index contributed by atoms with van der Waals surface area (Å²) in [6, 6.07) is 10.4. The topological polar surface area (TPSA) is 32.8 Å². The van der Waals surface area contributed by atoms with E-state index in [0.29, 0.717) is 19.6 Å². The Hall–Kier alpha value is -1.55. The van der Waals surface area contributed by atoms with Gasteiger partial charge in [0.25, 0.3) is 0 Å². The summed E-state index contributed by atoms with van der Waals surface area (Å²) in [7, 11) is 0. The molecule has 0 N–H and O–H groups in total. The third-order valence-electron chi connectivity index (χ3n) is 3.42. The van der Waals surface area contributed by atoms with Gasteiger partial charge in [-0.25, -0.2) is 0 Å². The van der Waals surface area contributed by atoms with Crippen molar-refractivity contribution in [1.29, 1.82) is 0 Å². The molecular weight excluding hydrogens is 240 g/mol. The lowest BCUT2D eigenvalue weighted by Gasteiger charge is -2.36. The Morgan fingerprint density at radius 1 is 1.16 bits per heavy atom. The van der Waals surface area contributed by atoms with Crippen molar-refractivity contribution < 1.29 is 9.53 Å². The van der Waals surface area contributed by atoms with Crippen LogP contribution in [0.3, 0.4) is 0 Å². The minimum atomic E-state index is 0.209. The third kappa shape index (κ3) is 3.96. The fourth-order valence-electron chi connectivity index (χ4n) is 2.31. The molecule has 0 saturated carbocycles. The molecule has 0 atom stereocenters. The minimum Gasteiger partial charge on any atom is -0.381 e. The van der Waals surface area contributed by atoms with Crippen LogP contribution < -0.4 is 4.90 Å². The van der Waals surface area contributed by atoms with Crippen LogP contribution in [-0.2, 0) is 9.53 Å². The largest absolute Gasteiger partial charge is 0.381 e. The summed E-state index contributed by atoms with van der Waals surface area (Å²) in [6.45, 7) is 6.58. The van der Waals surface area contributed by atoms with Crippen molar-refractivity contribution >= 4 is 11.6 Å². The first kappa shape index (κ1) is 13.9. The highest BCUT2D eigenvalue weighted by atomic mass is 16.5. The number of ether oxygens (including phenoxy) is 1. The summed E-state index contributed by atoms with van der Waals surface area (Å²) < 4.78 is 5.23. The Balaban J connectivity index is 1.77. The molecule has 1 saturated heterocycles. The van der Waals surface area contributed by atoms with Gasteiger partial charge in [-0.3, -0.25) is 4.79 Å². The number of nitrogens with zero attached hydrogens (tertiary/aromatic N) is 2. The normalized spacial score (nSPS) is 15.6. The van der Waals surface area contributed by atoms with Gasteiger partial charge in [-0.05, 0) is 19.1 Å². The van der Waals surface area contributed by atoms with Gasteiger partial charge in [-0.15, -0.1) is 0 Å². The summed E-state index contributed by atoms with van der Waals surface area (Å²) in [6.07, 6.45) is 0.499. The number of amides is 1. The number of carbonyl (C=O) groups is 1. The van der Waals surface area contributed by atoms with Crippen molar-refractivity contribution in [2.75, 3.05) is 44.3 Å². The second-order valence-electron chi connectivity index (χ2n) is 4.65. The fourth-order valence-corrected chi connectivity index (χ4v) is 2.31. The van der Waals surface area contributed by atoms with Crippen LogP contribution in [0.15, 0.2) is 30.3 Å². The highest BCUT2D eigenvalue weighted by Crippen LogP contribution is 2.15. The molecule has 0 aromatic heterocycles. The standard InChI is InChI=1S/C15H22N2O2/c1-2-19-13-8-15(18)17-11-9-16(10-12-17)14-6-4-3-5-7-14/h3-7H,2,8-13H2,1H3. The molecule has 1 heterocycles. The molecule has 4 nitrogen and oxygen atoms in total. The molecule has 1 aliphatic heterocycles. The Kier molecular flexibility index (Phi) is 5.21. The Morgan fingerprint density at radius 2 is 1.84 bits per heavy atom. The van der Waals surface area contributed by atoms with Crippen LogP contribution in [0.5, 0.6) is 0 Å². The smallest absolute Gasteiger partial charge is 0.225 e. The minimum absolute atomic E-state index is 0.209. The second-order valence-corrected chi connectivity index (χ2v) is 4.65. The van der Waals surface area contributed by atoms with E-state index in [-0.39, 0.29) is 5.91 Å². The number of carbonyl (C=O) groups excluding carboxylic acids is 1. The van der Waals surface area contributed by atoms with Crippen molar-refractivity contribution in [3.63, 3.8) is 0 Å². The molecule has 104 valence electrons. The van der Waals surface area contributed by atoms with Gasteiger partial charge in [0.1, 0.15) is 0 Å². The van der Waals surface area contributed by atoms with Crippen molar-refractivity contribution in [3.8, 4) is 0 Å². The highest BCUT2D eigenvalue weighted by Gasteiger charge is 2.20. The molecular formula is C15H22N2O2. The molecule has 4 heteroatoms. The lowest BCUT2D eigenvalue weighted by atomic mass is 10.2. The van der Waals surface area contributed by atoms with E-state index in [1.165, 1.54) is 5.69 Å². The quantitative estimate of drug-likeness (QED) is 0.758. The molecule has 0 spiro atoms. The van der Waals surface area contributed by atoms with Crippen LogP contribution in [0.4, 0.5) is 5.69 Å². The number of hydrogen-bond donors (Lipinski definition) is 0. The lowest BCUT2D eigenvalue weighted by Crippen LogP contribution is -2.49. The molecule has 1 fully saturated rings. The maximum Gasteiger partial charge on any atom is 0.225 e. The molecule has 0 unspecified atom stereocenters. The SMILES string of the molecule is CCOCCC(=O)N1CCN(c2ccccc2)CC1. The molecule has 1 aliphatic rings. The number of piperazine rings is 1. The summed E-state index contributed by atoms with van der Waals surface area (Å²) in [5, 5.41) is 0. The predicted octanol–water partition coefficient (Wildman–Crippen LogP) is 1.76. The van der Waals surface area contributed by atoms with Gasteiger partial charge in [-0.2, -0.15) is 0 Å². The number of rotatable bonds is 5. The number of anilines is 1. The Bertz CT molecular complexity index is 386. The molecule has 1 aromatic carbocycles. The first-order chi connectivity index (χ1) is 9.31. The zero-order valence-corrected chi connectivity index (χ0v) is 11.5. The number of benzene rings is 1. The first-order valence-electron chi connectivity index (χ1n) is 6.96. The summed E-state index contributed by atoms with van der Waals surface area (Å²) in [5.41, 5.74) is 1.24. The third-order valence-corrected chi connectivity index (χ3v) is 3.42. The van der Waals surface area contributed by atoms with Gasteiger partial charge in [0.2, 0.25) is 5.91 Å².